The number of nitrogens with one attached hydrogen (secondary N) is 1. The fourth-order valence-corrected chi connectivity index (χ4v) is 4.80. The molecular formula is C16H28N4O7S. The van der Waals surface area contributed by atoms with E-state index in [4.69, 9.17) is 9.39 Å². The van der Waals surface area contributed by atoms with Crippen molar-refractivity contribution < 1.29 is 31.7 Å². The van der Waals surface area contributed by atoms with Crippen molar-refractivity contribution >= 4 is 22.3 Å². The van der Waals surface area contributed by atoms with Gasteiger partial charge in [-0.1, -0.05) is 13.8 Å². The van der Waals surface area contributed by atoms with Crippen molar-refractivity contribution in [1.29, 1.82) is 0 Å². The number of urea groups is 1. The van der Waals surface area contributed by atoms with Crippen molar-refractivity contribution in [3.8, 4) is 0 Å². The quantitative estimate of drug-likeness (QED) is 0.424. The van der Waals surface area contributed by atoms with Crippen LogP contribution >= 0.6 is 0 Å². The lowest BCUT2D eigenvalue weighted by molar-refractivity contribution is -0.145. The van der Waals surface area contributed by atoms with E-state index in [0.717, 1.165) is 32.4 Å². The Morgan fingerprint density at radius 3 is 2.68 bits per heavy atom. The van der Waals surface area contributed by atoms with E-state index >= 15 is 0 Å². The molecule has 0 aromatic rings. The lowest BCUT2D eigenvalue weighted by atomic mass is 10.0. The van der Waals surface area contributed by atoms with Crippen LogP contribution in [0.2, 0.25) is 0 Å². The maximum Gasteiger partial charge on any atom is 0.418 e. The molecule has 160 valence electrons. The zero-order chi connectivity index (χ0) is 20.5. The molecule has 0 saturated carbocycles. The average molecular weight is 420 g/mol. The maximum absolute atomic E-state index is 12.6. The molecule has 3 rings (SSSR count). The number of amides is 3. The first-order chi connectivity index (χ1) is 13.2. The third-order valence-corrected chi connectivity index (χ3v) is 5.99. The fourth-order valence-electron chi connectivity index (χ4n) is 4.42. The SMILES string of the molecule is CCCN1CCC(ONC(=O)[C@@H]2CC[C@@H]3CN2C(=O)N3OS(=O)(=O)O)C1CC. The van der Waals surface area contributed by atoms with Gasteiger partial charge in [0.25, 0.3) is 5.91 Å². The number of likely N-dealkylation sites (tertiary alicyclic amines) is 1. The van der Waals surface area contributed by atoms with Crippen molar-refractivity contribution in [3.63, 3.8) is 0 Å². The van der Waals surface area contributed by atoms with Gasteiger partial charge >= 0.3 is 16.4 Å². The molecule has 3 saturated heterocycles. The first-order valence-corrected chi connectivity index (χ1v) is 11.1. The summed E-state index contributed by atoms with van der Waals surface area (Å²) in [7, 11) is -4.81. The van der Waals surface area contributed by atoms with Crippen molar-refractivity contribution in [1.82, 2.24) is 20.3 Å². The van der Waals surface area contributed by atoms with Crippen LogP contribution in [0, 0.1) is 0 Å². The van der Waals surface area contributed by atoms with Gasteiger partial charge < -0.3 is 4.90 Å². The summed E-state index contributed by atoms with van der Waals surface area (Å²) in [5, 5.41) is 0.621. The van der Waals surface area contributed by atoms with Gasteiger partial charge in [-0.05, 0) is 38.6 Å². The summed E-state index contributed by atoms with van der Waals surface area (Å²) in [4.78, 5) is 34.3. The Morgan fingerprint density at radius 1 is 1.29 bits per heavy atom. The standard InChI is InChI=1S/C16H28N4O7S/c1-3-8-18-9-7-14(12(18)4-2)26-17-15(21)13-6-5-11-10-19(13)16(22)20(11)27-28(23,24)25/h11-14H,3-10H2,1-2H3,(H,17,21)(H,23,24,25)/t11-,12?,13+,14?/m1/s1. The summed E-state index contributed by atoms with van der Waals surface area (Å²) in [5.41, 5.74) is 2.50. The molecule has 12 heteroatoms. The van der Waals surface area contributed by atoms with Gasteiger partial charge in [0.2, 0.25) is 0 Å². The first kappa shape index (κ1) is 21.2. The number of fused-ring (bicyclic) bond motifs is 2. The van der Waals surface area contributed by atoms with Crippen molar-refractivity contribution in [2.45, 2.75) is 70.2 Å². The number of hydrogen-bond donors (Lipinski definition) is 2. The minimum atomic E-state index is -4.81. The van der Waals surface area contributed by atoms with Crippen LogP contribution < -0.4 is 5.48 Å². The predicted octanol–water partition coefficient (Wildman–Crippen LogP) is 0.300. The van der Waals surface area contributed by atoms with Crippen LogP contribution in [0.15, 0.2) is 0 Å². The first-order valence-electron chi connectivity index (χ1n) is 9.71. The molecule has 3 aliphatic rings. The van der Waals surface area contributed by atoms with Gasteiger partial charge in [-0.3, -0.25) is 19.1 Å². The molecule has 2 unspecified atom stereocenters. The fraction of sp³-hybridized carbons (Fsp3) is 0.875. The van der Waals surface area contributed by atoms with Crippen LogP contribution in [0.4, 0.5) is 4.79 Å². The Hall–Kier alpha value is -1.47. The summed E-state index contributed by atoms with van der Waals surface area (Å²) in [5.74, 6) is -0.440. The van der Waals surface area contributed by atoms with Crippen LogP contribution in [0.5, 0.6) is 0 Å². The van der Waals surface area contributed by atoms with Crippen molar-refractivity contribution in [2.24, 2.45) is 0 Å². The Morgan fingerprint density at radius 2 is 2.04 bits per heavy atom. The molecule has 0 aromatic carbocycles. The van der Waals surface area contributed by atoms with Gasteiger partial charge in [-0.15, -0.1) is 4.28 Å². The number of rotatable bonds is 8. The van der Waals surface area contributed by atoms with Crippen LogP contribution in [0.25, 0.3) is 0 Å². The van der Waals surface area contributed by atoms with Crippen molar-refractivity contribution in [2.75, 3.05) is 19.6 Å². The second-order valence-corrected chi connectivity index (χ2v) is 8.44. The van der Waals surface area contributed by atoms with E-state index in [9.17, 15) is 18.0 Å². The molecule has 28 heavy (non-hydrogen) atoms. The summed E-state index contributed by atoms with van der Waals surface area (Å²) in [6.07, 6.45) is 3.41. The molecule has 3 fully saturated rings. The van der Waals surface area contributed by atoms with Crippen LogP contribution in [-0.2, 0) is 24.3 Å². The van der Waals surface area contributed by atoms with E-state index in [1.807, 2.05) is 0 Å². The zero-order valence-corrected chi connectivity index (χ0v) is 16.9. The van der Waals surface area contributed by atoms with E-state index in [1.165, 1.54) is 4.90 Å². The highest BCUT2D eigenvalue weighted by atomic mass is 32.3. The minimum Gasteiger partial charge on any atom is -0.309 e. The van der Waals surface area contributed by atoms with E-state index in [2.05, 4.69) is 28.5 Å². The molecular weight excluding hydrogens is 392 g/mol. The lowest BCUT2D eigenvalue weighted by Crippen LogP contribution is -2.51. The Kier molecular flexibility index (Phi) is 6.44. The molecule has 3 heterocycles. The highest BCUT2D eigenvalue weighted by molar-refractivity contribution is 7.80. The lowest BCUT2D eigenvalue weighted by Gasteiger charge is -2.30. The Labute approximate surface area is 164 Å². The van der Waals surface area contributed by atoms with Gasteiger partial charge in [0.1, 0.15) is 12.1 Å². The van der Waals surface area contributed by atoms with Gasteiger partial charge in [-0.2, -0.15) is 13.5 Å². The largest absolute Gasteiger partial charge is 0.418 e. The van der Waals surface area contributed by atoms with Gasteiger partial charge in [-0.25, -0.2) is 10.3 Å². The topological polar surface area (TPSA) is 129 Å². The molecule has 2 N–H and O–H groups in total. The Balaban J connectivity index is 1.56. The number of hydrogen-bond acceptors (Lipinski definition) is 7. The molecule has 11 nitrogen and oxygen atoms in total. The normalized spacial score (nSPS) is 30.9. The van der Waals surface area contributed by atoms with Gasteiger partial charge in [0, 0.05) is 19.1 Å². The molecule has 0 radical (unpaired) electrons. The maximum atomic E-state index is 12.6. The van der Waals surface area contributed by atoms with E-state index < -0.39 is 34.4 Å². The summed E-state index contributed by atoms with van der Waals surface area (Å²) >= 11 is 0. The van der Waals surface area contributed by atoms with Crippen molar-refractivity contribution in [3.05, 3.63) is 0 Å². The molecule has 4 atom stereocenters. The zero-order valence-electron chi connectivity index (χ0n) is 16.1. The molecule has 3 aliphatic heterocycles. The number of carbonyl (C=O) groups excluding carboxylic acids is 2. The highest BCUT2D eigenvalue weighted by Crippen LogP contribution is 2.31. The molecule has 2 bridgehead atoms. The predicted molar refractivity (Wildman–Crippen MR) is 97.0 cm³/mol. The highest BCUT2D eigenvalue weighted by Gasteiger charge is 2.49. The molecule has 0 spiro atoms. The number of hydroxylamine groups is 3. The molecule has 3 amide bonds. The monoisotopic (exact) mass is 420 g/mol. The van der Waals surface area contributed by atoms with Crippen LogP contribution in [0.3, 0.4) is 0 Å². The third-order valence-electron chi connectivity index (χ3n) is 5.64. The summed E-state index contributed by atoms with van der Waals surface area (Å²) < 4.78 is 35.1. The second-order valence-electron chi connectivity index (χ2n) is 7.43. The summed E-state index contributed by atoms with van der Waals surface area (Å²) in [6.45, 7) is 6.27. The summed E-state index contributed by atoms with van der Waals surface area (Å²) in [6, 6.07) is -1.82. The average Bonchev–Trinajstić information content (AvgIpc) is 3.13. The van der Waals surface area contributed by atoms with E-state index in [1.54, 1.807) is 0 Å². The van der Waals surface area contributed by atoms with Gasteiger partial charge in [0.15, 0.2) is 0 Å². The van der Waals surface area contributed by atoms with Crippen LogP contribution in [0.1, 0.15) is 46.0 Å². The van der Waals surface area contributed by atoms with Crippen LogP contribution in [-0.4, -0.2) is 83.6 Å². The second kappa shape index (κ2) is 8.49. The minimum absolute atomic E-state index is 0.106. The number of carbonyl (C=O) groups is 2. The Bertz CT molecular complexity index is 703. The number of nitrogens with zero attached hydrogens (tertiary/aromatic N) is 3. The molecule has 0 aromatic heterocycles. The third kappa shape index (κ3) is 4.40. The number of piperidine rings is 1. The smallest absolute Gasteiger partial charge is 0.309 e. The molecule has 0 aliphatic carbocycles. The van der Waals surface area contributed by atoms with E-state index in [0.29, 0.717) is 17.9 Å². The van der Waals surface area contributed by atoms with E-state index in [-0.39, 0.29) is 18.7 Å². The van der Waals surface area contributed by atoms with Gasteiger partial charge in [0.05, 0.1) is 6.04 Å².